The third kappa shape index (κ3) is 3.67. The van der Waals surface area contributed by atoms with Crippen LogP contribution in [0.4, 0.5) is 0 Å². The summed E-state index contributed by atoms with van der Waals surface area (Å²) in [5.74, 6) is 0.416. The SMILES string of the molecule is NC(=N[C@@H](CO)c1ccccc1)c1ccc(-c2ccncc2)cc1. The Balaban J connectivity index is 1.83. The Morgan fingerprint density at radius 2 is 1.54 bits per heavy atom. The Kier molecular flexibility index (Phi) is 4.99. The summed E-state index contributed by atoms with van der Waals surface area (Å²) in [6, 6.07) is 21.1. The summed E-state index contributed by atoms with van der Waals surface area (Å²) in [6.45, 7) is -0.0835. The maximum atomic E-state index is 9.60. The first kappa shape index (κ1) is 15.9. The zero-order valence-electron chi connectivity index (χ0n) is 13.2. The van der Waals surface area contributed by atoms with Gasteiger partial charge in [0.1, 0.15) is 11.9 Å². The standard InChI is InChI=1S/C20H19N3O/c21-20(23-19(14-24)17-4-2-1-3-5-17)18-8-6-15(7-9-18)16-10-12-22-13-11-16/h1-13,19,24H,14H2,(H2,21,23)/t19-/m0/s1. The number of aliphatic hydroxyl groups is 1. The third-order valence-corrected chi connectivity index (χ3v) is 3.85. The molecule has 0 unspecified atom stereocenters. The Bertz CT molecular complexity index is 799. The van der Waals surface area contributed by atoms with E-state index >= 15 is 0 Å². The Hall–Kier alpha value is -2.98. The minimum absolute atomic E-state index is 0.0835. The average Bonchev–Trinajstić information content (AvgIpc) is 2.67. The molecule has 0 aliphatic rings. The highest BCUT2D eigenvalue weighted by Crippen LogP contribution is 2.20. The molecule has 3 rings (SSSR count). The molecule has 0 fully saturated rings. The average molecular weight is 317 g/mol. The van der Waals surface area contributed by atoms with Gasteiger partial charge < -0.3 is 10.8 Å². The van der Waals surface area contributed by atoms with Gasteiger partial charge in [-0.25, -0.2) is 0 Å². The van der Waals surface area contributed by atoms with Gasteiger partial charge in [0.25, 0.3) is 0 Å². The summed E-state index contributed by atoms with van der Waals surface area (Å²) in [4.78, 5) is 8.50. The van der Waals surface area contributed by atoms with Crippen molar-refractivity contribution in [3.8, 4) is 11.1 Å². The second-order valence-corrected chi connectivity index (χ2v) is 5.44. The van der Waals surface area contributed by atoms with Crippen LogP contribution in [0.3, 0.4) is 0 Å². The van der Waals surface area contributed by atoms with E-state index in [0.717, 1.165) is 22.3 Å². The highest BCUT2D eigenvalue weighted by atomic mass is 16.3. The van der Waals surface area contributed by atoms with Gasteiger partial charge in [-0.15, -0.1) is 0 Å². The molecule has 3 N–H and O–H groups in total. The lowest BCUT2D eigenvalue weighted by Crippen LogP contribution is -2.16. The van der Waals surface area contributed by atoms with E-state index in [4.69, 9.17) is 5.73 Å². The number of amidine groups is 1. The molecule has 0 saturated heterocycles. The van der Waals surface area contributed by atoms with Crippen molar-refractivity contribution in [2.24, 2.45) is 10.7 Å². The molecule has 1 heterocycles. The molecule has 120 valence electrons. The quantitative estimate of drug-likeness (QED) is 0.561. The highest BCUT2D eigenvalue weighted by Gasteiger charge is 2.10. The van der Waals surface area contributed by atoms with Crippen molar-refractivity contribution in [2.45, 2.75) is 6.04 Å². The van der Waals surface area contributed by atoms with E-state index in [1.54, 1.807) is 12.4 Å². The monoisotopic (exact) mass is 317 g/mol. The van der Waals surface area contributed by atoms with Crippen molar-refractivity contribution in [1.82, 2.24) is 4.98 Å². The summed E-state index contributed by atoms with van der Waals surface area (Å²) in [6.07, 6.45) is 3.54. The van der Waals surface area contributed by atoms with Crippen molar-refractivity contribution in [3.63, 3.8) is 0 Å². The molecular weight excluding hydrogens is 298 g/mol. The molecule has 0 saturated carbocycles. The number of hydrogen-bond donors (Lipinski definition) is 2. The van der Waals surface area contributed by atoms with Gasteiger partial charge in [0, 0.05) is 18.0 Å². The van der Waals surface area contributed by atoms with Crippen molar-refractivity contribution >= 4 is 5.84 Å². The number of rotatable bonds is 5. The van der Waals surface area contributed by atoms with Crippen LogP contribution in [-0.4, -0.2) is 22.5 Å². The van der Waals surface area contributed by atoms with Gasteiger partial charge in [0.15, 0.2) is 0 Å². The summed E-state index contributed by atoms with van der Waals surface area (Å²) in [5.41, 5.74) is 10.1. The number of pyridine rings is 1. The second-order valence-electron chi connectivity index (χ2n) is 5.44. The molecule has 0 amide bonds. The van der Waals surface area contributed by atoms with E-state index in [0.29, 0.717) is 5.84 Å². The number of aliphatic imine (C=N–C) groups is 1. The summed E-state index contributed by atoms with van der Waals surface area (Å²) < 4.78 is 0. The number of aliphatic hydroxyl groups excluding tert-OH is 1. The minimum atomic E-state index is -0.355. The molecular formula is C20H19N3O. The molecule has 0 bridgehead atoms. The Morgan fingerprint density at radius 3 is 2.17 bits per heavy atom. The van der Waals surface area contributed by atoms with Crippen molar-refractivity contribution in [2.75, 3.05) is 6.61 Å². The van der Waals surface area contributed by atoms with Crippen LogP contribution < -0.4 is 5.73 Å². The topological polar surface area (TPSA) is 71.5 Å². The van der Waals surface area contributed by atoms with Crippen LogP contribution in [0.1, 0.15) is 17.2 Å². The molecule has 0 aliphatic carbocycles. The number of nitrogens with two attached hydrogens (primary N) is 1. The molecule has 0 radical (unpaired) electrons. The normalized spacial score (nSPS) is 12.8. The first-order valence-electron chi connectivity index (χ1n) is 7.78. The zero-order valence-corrected chi connectivity index (χ0v) is 13.2. The van der Waals surface area contributed by atoms with Crippen molar-refractivity contribution in [1.29, 1.82) is 0 Å². The van der Waals surface area contributed by atoms with E-state index in [-0.39, 0.29) is 12.6 Å². The fourth-order valence-electron chi connectivity index (χ4n) is 2.52. The molecule has 4 heteroatoms. The van der Waals surface area contributed by atoms with Crippen LogP contribution in [0.15, 0.2) is 84.1 Å². The molecule has 1 aromatic heterocycles. The van der Waals surface area contributed by atoms with Crippen molar-refractivity contribution in [3.05, 3.63) is 90.3 Å². The fourth-order valence-corrected chi connectivity index (χ4v) is 2.52. The van der Waals surface area contributed by atoms with Gasteiger partial charge >= 0.3 is 0 Å². The van der Waals surface area contributed by atoms with E-state index in [2.05, 4.69) is 9.98 Å². The lowest BCUT2D eigenvalue weighted by Gasteiger charge is -2.11. The third-order valence-electron chi connectivity index (χ3n) is 3.85. The van der Waals surface area contributed by atoms with Crippen LogP contribution in [-0.2, 0) is 0 Å². The van der Waals surface area contributed by atoms with Gasteiger partial charge in [-0.2, -0.15) is 0 Å². The summed E-state index contributed by atoms with van der Waals surface area (Å²) in [5, 5.41) is 9.60. The maximum absolute atomic E-state index is 9.60. The van der Waals surface area contributed by atoms with Gasteiger partial charge in [0.05, 0.1) is 6.61 Å². The van der Waals surface area contributed by atoms with Gasteiger partial charge in [0.2, 0.25) is 0 Å². The number of aromatic nitrogens is 1. The smallest absolute Gasteiger partial charge is 0.126 e. The molecule has 24 heavy (non-hydrogen) atoms. The number of hydrogen-bond acceptors (Lipinski definition) is 3. The lowest BCUT2D eigenvalue weighted by molar-refractivity contribution is 0.269. The number of benzene rings is 2. The van der Waals surface area contributed by atoms with E-state index in [1.165, 1.54) is 0 Å². The van der Waals surface area contributed by atoms with Crippen LogP contribution in [0.2, 0.25) is 0 Å². The molecule has 4 nitrogen and oxygen atoms in total. The van der Waals surface area contributed by atoms with Crippen LogP contribution >= 0.6 is 0 Å². The fraction of sp³-hybridized carbons (Fsp3) is 0.100. The first-order valence-corrected chi connectivity index (χ1v) is 7.78. The van der Waals surface area contributed by atoms with Crippen molar-refractivity contribution < 1.29 is 5.11 Å². The van der Waals surface area contributed by atoms with Gasteiger partial charge in [-0.1, -0.05) is 54.6 Å². The Morgan fingerprint density at radius 1 is 0.917 bits per heavy atom. The predicted molar refractivity (Wildman–Crippen MR) is 96.7 cm³/mol. The summed E-state index contributed by atoms with van der Waals surface area (Å²) in [7, 11) is 0. The molecule has 1 atom stereocenters. The van der Waals surface area contributed by atoms with E-state index < -0.39 is 0 Å². The zero-order chi connectivity index (χ0) is 16.8. The number of nitrogens with zero attached hydrogens (tertiary/aromatic N) is 2. The molecule has 2 aromatic carbocycles. The molecule has 0 aliphatic heterocycles. The molecule has 3 aromatic rings. The van der Waals surface area contributed by atoms with Gasteiger partial charge in [-0.05, 0) is 28.8 Å². The maximum Gasteiger partial charge on any atom is 0.126 e. The summed E-state index contributed by atoms with van der Waals surface area (Å²) >= 11 is 0. The highest BCUT2D eigenvalue weighted by molar-refractivity contribution is 5.98. The van der Waals surface area contributed by atoms with Crippen LogP contribution in [0.25, 0.3) is 11.1 Å². The Labute approximate surface area is 141 Å². The molecule has 0 spiro atoms. The van der Waals surface area contributed by atoms with Crippen LogP contribution in [0.5, 0.6) is 0 Å². The van der Waals surface area contributed by atoms with Gasteiger partial charge in [-0.3, -0.25) is 9.98 Å². The van der Waals surface area contributed by atoms with E-state index in [9.17, 15) is 5.11 Å². The van der Waals surface area contributed by atoms with Crippen LogP contribution in [0, 0.1) is 0 Å². The first-order chi connectivity index (χ1) is 11.8. The predicted octanol–water partition coefficient (Wildman–Crippen LogP) is 3.19. The van der Waals surface area contributed by atoms with E-state index in [1.807, 2.05) is 66.7 Å². The lowest BCUT2D eigenvalue weighted by atomic mass is 10.0. The second kappa shape index (κ2) is 7.53. The minimum Gasteiger partial charge on any atom is -0.394 e. The largest absolute Gasteiger partial charge is 0.394 e.